The maximum atomic E-state index is 13.8. The monoisotopic (exact) mass is 577 g/mol. The normalized spacial score (nSPS) is 11.9. The van der Waals surface area contributed by atoms with Gasteiger partial charge in [0.15, 0.2) is 0 Å². The van der Waals surface area contributed by atoms with Crippen molar-refractivity contribution in [3.8, 4) is 5.75 Å². The summed E-state index contributed by atoms with van der Waals surface area (Å²) in [6.07, 6.45) is 0. The fourth-order valence-corrected chi connectivity index (χ4v) is 5.37. The molecule has 1 N–H and O–H groups in total. The number of carbonyl (C=O) groups excluding carboxylic acids is 2. The molecule has 1 unspecified atom stereocenters. The molecule has 3 rings (SSSR count). The maximum Gasteiger partial charge on any atom is 0.264 e. The number of benzene rings is 3. The first-order valence-electron chi connectivity index (χ1n) is 11.8. The topological polar surface area (TPSA) is 96.0 Å². The zero-order valence-electron chi connectivity index (χ0n) is 21.2. The Morgan fingerprint density at radius 3 is 2.00 bits per heavy atom. The van der Waals surface area contributed by atoms with Gasteiger partial charge in [-0.05, 0) is 80.1 Å². The summed E-state index contributed by atoms with van der Waals surface area (Å²) in [6, 6.07) is 18.0. The number of likely N-dealkylation sites (N-methyl/N-ethyl adjacent to an activating group) is 1. The van der Waals surface area contributed by atoms with Crippen molar-refractivity contribution in [3.63, 3.8) is 0 Å². The molecule has 0 radical (unpaired) electrons. The number of hydrogen-bond acceptors (Lipinski definition) is 5. The SMILES string of the molecule is CCNC(=O)C(C)N(Cc1ccc(Cl)cc1)C(=O)CN(c1ccc(Cl)cc1)S(=O)(=O)c1ccc(OC)cc1. The quantitative estimate of drug-likeness (QED) is 0.354. The molecule has 0 saturated heterocycles. The van der Waals surface area contributed by atoms with E-state index < -0.39 is 28.5 Å². The van der Waals surface area contributed by atoms with E-state index in [4.69, 9.17) is 27.9 Å². The largest absolute Gasteiger partial charge is 0.497 e. The molecule has 0 aliphatic rings. The lowest BCUT2D eigenvalue weighted by atomic mass is 10.1. The molecule has 0 aromatic heterocycles. The van der Waals surface area contributed by atoms with Crippen LogP contribution in [0.4, 0.5) is 5.69 Å². The van der Waals surface area contributed by atoms with Gasteiger partial charge in [-0.15, -0.1) is 0 Å². The van der Waals surface area contributed by atoms with Crippen LogP contribution in [0.25, 0.3) is 0 Å². The summed E-state index contributed by atoms with van der Waals surface area (Å²) in [5.74, 6) is -0.431. The van der Waals surface area contributed by atoms with Crippen LogP contribution in [0.1, 0.15) is 19.4 Å². The molecule has 0 aliphatic carbocycles. The highest BCUT2D eigenvalue weighted by atomic mass is 35.5. The Morgan fingerprint density at radius 2 is 1.47 bits per heavy atom. The van der Waals surface area contributed by atoms with E-state index in [0.717, 1.165) is 9.87 Å². The number of nitrogens with one attached hydrogen (secondary N) is 1. The van der Waals surface area contributed by atoms with E-state index in [9.17, 15) is 18.0 Å². The summed E-state index contributed by atoms with van der Waals surface area (Å²) in [6.45, 7) is 3.29. The van der Waals surface area contributed by atoms with Crippen molar-refractivity contribution >= 4 is 50.7 Å². The van der Waals surface area contributed by atoms with Crippen molar-refractivity contribution in [1.29, 1.82) is 0 Å². The Morgan fingerprint density at radius 1 is 0.921 bits per heavy atom. The molecule has 11 heteroatoms. The fourth-order valence-electron chi connectivity index (χ4n) is 3.70. The molecule has 202 valence electrons. The van der Waals surface area contributed by atoms with E-state index >= 15 is 0 Å². The first-order valence-corrected chi connectivity index (χ1v) is 14.0. The van der Waals surface area contributed by atoms with E-state index in [2.05, 4.69) is 5.32 Å². The van der Waals surface area contributed by atoms with Crippen LogP contribution >= 0.6 is 23.2 Å². The molecule has 0 saturated carbocycles. The summed E-state index contributed by atoms with van der Waals surface area (Å²) in [7, 11) is -2.71. The highest BCUT2D eigenvalue weighted by molar-refractivity contribution is 7.92. The molecule has 1 atom stereocenters. The third-order valence-corrected chi connectivity index (χ3v) is 8.12. The maximum absolute atomic E-state index is 13.8. The zero-order valence-corrected chi connectivity index (χ0v) is 23.6. The minimum Gasteiger partial charge on any atom is -0.497 e. The summed E-state index contributed by atoms with van der Waals surface area (Å²) in [5, 5.41) is 3.66. The van der Waals surface area contributed by atoms with Crippen molar-refractivity contribution in [2.45, 2.75) is 31.3 Å². The van der Waals surface area contributed by atoms with Gasteiger partial charge < -0.3 is 15.0 Å². The Labute approximate surface area is 233 Å². The predicted molar refractivity (Wildman–Crippen MR) is 149 cm³/mol. The van der Waals surface area contributed by atoms with E-state index in [1.165, 1.54) is 48.4 Å². The predicted octanol–water partition coefficient (Wildman–Crippen LogP) is 4.75. The first kappa shape index (κ1) is 29.3. The molecule has 2 amide bonds. The number of nitrogens with zero attached hydrogens (tertiary/aromatic N) is 2. The minimum atomic E-state index is -4.19. The Kier molecular flexibility index (Phi) is 10.0. The van der Waals surface area contributed by atoms with Crippen molar-refractivity contribution in [2.24, 2.45) is 0 Å². The zero-order chi connectivity index (χ0) is 27.9. The molecule has 38 heavy (non-hydrogen) atoms. The van der Waals surface area contributed by atoms with E-state index in [1.54, 1.807) is 50.2 Å². The van der Waals surface area contributed by atoms with Crippen LogP contribution in [0.2, 0.25) is 10.0 Å². The number of methoxy groups -OCH3 is 1. The number of sulfonamides is 1. The molecule has 3 aromatic carbocycles. The van der Waals surface area contributed by atoms with Gasteiger partial charge >= 0.3 is 0 Å². The highest BCUT2D eigenvalue weighted by Crippen LogP contribution is 2.27. The molecule has 0 fully saturated rings. The Balaban J connectivity index is 2.01. The van der Waals surface area contributed by atoms with Crippen LogP contribution in [0.3, 0.4) is 0 Å². The second-order valence-corrected chi connectivity index (χ2v) is 11.1. The van der Waals surface area contributed by atoms with Crippen molar-refractivity contribution < 1.29 is 22.7 Å². The van der Waals surface area contributed by atoms with Crippen LogP contribution < -0.4 is 14.4 Å². The summed E-state index contributed by atoms with van der Waals surface area (Å²) in [4.78, 5) is 27.8. The van der Waals surface area contributed by atoms with Crippen LogP contribution in [-0.2, 0) is 26.2 Å². The summed E-state index contributed by atoms with van der Waals surface area (Å²) < 4.78 is 33.7. The van der Waals surface area contributed by atoms with Gasteiger partial charge in [-0.1, -0.05) is 35.3 Å². The Hall–Kier alpha value is -3.27. The fraction of sp³-hybridized carbons (Fsp3) is 0.259. The number of carbonyl (C=O) groups is 2. The second-order valence-electron chi connectivity index (χ2n) is 8.38. The van der Waals surface area contributed by atoms with Gasteiger partial charge in [0, 0.05) is 23.1 Å². The van der Waals surface area contributed by atoms with Crippen molar-refractivity contribution in [3.05, 3.63) is 88.4 Å². The van der Waals surface area contributed by atoms with Gasteiger partial charge in [-0.2, -0.15) is 0 Å². The van der Waals surface area contributed by atoms with Crippen LogP contribution in [-0.4, -0.2) is 51.4 Å². The standard InChI is InChI=1S/C27H29Cl2N3O5S/c1-4-30-27(34)19(2)31(17-20-5-7-21(28)8-6-20)26(33)18-32(23-11-9-22(29)10-12-23)38(35,36)25-15-13-24(37-3)14-16-25/h5-16,19H,4,17-18H2,1-3H3,(H,30,34). The van der Waals surface area contributed by atoms with Gasteiger partial charge in [-0.25, -0.2) is 8.42 Å². The number of hydrogen-bond donors (Lipinski definition) is 1. The molecule has 0 aliphatic heterocycles. The average Bonchev–Trinajstić information content (AvgIpc) is 2.91. The molecule has 0 heterocycles. The number of halogens is 2. The second kappa shape index (κ2) is 13.0. The lowest BCUT2D eigenvalue weighted by molar-refractivity contribution is -0.139. The lowest BCUT2D eigenvalue weighted by Crippen LogP contribution is -2.51. The number of anilines is 1. The molecule has 8 nitrogen and oxygen atoms in total. The number of ether oxygens (including phenoxy) is 1. The molecular formula is C27H29Cl2N3O5S. The smallest absolute Gasteiger partial charge is 0.264 e. The summed E-state index contributed by atoms with van der Waals surface area (Å²) in [5.41, 5.74) is 0.977. The van der Waals surface area contributed by atoms with Gasteiger partial charge in [0.05, 0.1) is 17.7 Å². The number of rotatable bonds is 11. The first-order chi connectivity index (χ1) is 18.1. The van der Waals surface area contributed by atoms with Gasteiger partial charge in [-0.3, -0.25) is 13.9 Å². The van der Waals surface area contributed by atoms with Crippen molar-refractivity contribution in [1.82, 2.24) is 10.2 Å². The van der Waals surface area contributed by atoms with E-state index in [-0.39, 0.29) is 23.0 Å². The molecule has 0 bridgehead atoms. The highest BCUT2D eigenvalue weighted by Gasteiger charge is 2.32. The van der Waals surface area contributed by atoms with E-state index in [1.807, 2.05) is 0 Å². The van der Waals surface area contributed by atoms with Crippen LogP contribution in [0.5, 0.6) is 5.75 Å². The lowest BCUT2D eigenvalue weighted by Gasteiger charge is -2.32. The average molecular weight is 579 g/mol. The molecule has 0 spiro atoms. The number of amides is 2. The van der Waals surface area contributed by atoms with E-state index in [0.29, 0.717) is 22.3 Å². The van der Waals surface area contributed by atoms with Crippen LogP contribution in [0, 0.1) is 0 Å². The van der Waals surface area contributed by atoms with Gasteiger partial charge in [0.1, 0.15) is 18.3 Å². The molecule has 3 aromatic rings. The van der Waals surface area contributed by atoms with Crippen LogP contribution in [0.15, 0.2) is 77.7 Å². The molecular weight excluding hydrogens is 549 g/mol. The third kappa shape index (κ3) is 7.18. The van der Waals surface area contributed by atoms with Crippen molar-refractivity contribution in [2.75, 3.05) is 24.5 Å². The van der Waals surface area contributed by atoms with Gasteiger partial charge in [0.2, 0.25) is 11.8 Å². The third-order valence-electron chi connectivity index (χ3n) is 5.83. The van der Waals surface area contributed by atoms with Gasteiger partial charge in [0.25, 0.3) is 10.0 Å². The minimum absolute atomic E-state index is 0.0259. The summed E-state index contributed by atoms with van der Waals surface area (Å²) >= 11 is 12.0. The Bertz CT molecular complexity index is 1350.